The van der Waals surface area contributed by atoms with Crippen LogP contribution in [0, 0.1) is 0 Å². The van der Waals surface area contributed by atoms with Crippen LogP contribution in [-0.4, -0.2) is 36.3 Å². The molecule has 24 heavy (non-hydrogen) atoms. The smallest absolute Gasteiger partial charge is 0.252 e. The molecular formula is C19H25BrN2O2. The minimum absolute atomic E-state index is 0.0570. The lowest BCUT2D eigenvalue weighted by Gasteiger charge is -2.23. The molecule has 130 valence electrons. The van der Waals surface area contributed by atoms with Crippen molar-refractivity contribution in [3.63, 3.8) is 0 Å². The molecule has 0 heterocycles. The summed E-state index contributed by atoms with van der Waals surface area (Å²) in [5.74, 6) is -0.0671. The first-order chi connectivity index (χ1) is 11.6. The van der Waals surface area contributed by atoms with Crippen LogP contribution in [0.25, 0.3) is 0 Å². The van der Waals surface area contributed by atoms with E-state index in [-0.39, 0.29) is 11.8 Å². The Morgan fingerprint density at radius 1 is 1.21 bits per heavy atom. The number of carbonyl (C=O) groups excluding carboxylic acids is 2. The van der Waals surface area contributed by atoms with Crippen LogP contribution in [0.15, 0.2) is 40.4 Å². The van der Waals surface area contributed by atoms with Crippen molar-refractivity contribution in [3.05, 3.63) is 46.0 Å². The van der Waals surface area contributed by atoms with Crippen LogP contribution >= 0.6 is 15.9 Å². The molecule has 0 saturated heterocycles. The summed E-state index contributed by atoms with van der Waals surface area (Å²) < 4.78 is 0.773. The standard InChI is InChI=1S/C19H25BrN2O2/c1-15(23)22(13-11-16-7-3-2-4-8-16)14-12-21-19(24)17-9-5-6-10-18(17)20/h5-7,9-10H,2-4,8,11-14H2,1H3,(H,21,24). The summed E-state index contributed by atoms with van der Waals surface area (Å²) >= 11 is 3.38. The number of halogens is 1. The predicted molar refractivity (Wildman–Crippen MR) is 99.9 cm³/mol. The summed E-state index contributed by atoms with van der Waals surface area (Å²) in [6.07, 6.45) is 8.12. The van der Waals surface area contributed by atoms with E-state index in [9.17, 15) is 9.59 Å². The van der Waals surface area contributed by atoms with Gasteiger partial charge in [0.15, 0.2) is 0 Å². The fourth-order valence-corrected chi connectivity index (χ4v) is 3.35. The van der Waals surface area contributed by atoms with Crippen molar-refractivity contribution in [2.45, 2.75) is 39.0 Å². The molecule has 0 bridgehead atoms. The Kier molecular flexibility index (Phi) is 7.50. The summed E-state index contributed by atoms with van der Waals surface area (Å²) in [6.45, 7) is 3.31. The highest BCUT2D eigenvalue weighted by molar-refractivity contribution is 9.10. The third-order valence-electron chi connectivity index (χ3n) is 4.32. The van der Waals surface area contributed by atoms with Crippen LogP contribution in [0.3, 0.4) is 0 Å². The molecular weight excluding hydrogens is 368 g/mol. The van der Waals surface area contributed by atoms with E-state index in [0.717, 1.165) is 30.3 Å². The van der Waals surface area contributed by atoms with E-state index in [1.54, 1.807) is 13.0 Å². The molecule has 1 aromatic carbocycles. The highest BCUT2D eigenvalue weighted by atomic mass is 79.9. The van der Waals surface area contributed by atoms with Gasteiger partial charge in [0.1, 0.15) is 0 Å². The van der Waals surface area contributed by atoms with Crippen molar-refractivity contribution < 1.29 is 9.59 Å². The molecule has 1 aliphatic carbocycles. The van der Waals surface area contributed by atoms with E-state index in [1.807, 2.05) is 23.1 Å². The Hall–Kier alpha value is -1.62. The van der Waals surface area contributed by atoms with Gasteiger partial charge in [0.05, 0.1) is 5.56 Å². The van der Waals surface area contributed by atoms with Crippen molar-refractivity contribution in [2.24, 2.45) is 0 Å². The zero-order valence-corrected chi connectivity index (χ0v) is 15.8. The summed E-state index contributed by atoms with van der Waals surface area (Å²) in [4.78, 5) is 25.8. The van der Waals surface area contributed by atoms with Gasteiger partial charge in [0.2, 0.25) is 5.91 Å². The highest BCUT2D eigenvalue weighted by Gasteiger charge is 2.13. The molecule has 0 aromatic heterocycles. The Bertz CT molecular complexity index is 613. The Morgan fingerprint density at radius 3 is 2.67 bits per heavy atom. The van der Waals surface area contributed by atoms with Crippen molar-refractivity contribution in [3.8, 4) is 0 Å². The second-order valence-electron chi connectivity index (χ2n) is 6.10. The van der Waals surface area contributed by atoms with Crippen LogP contribution in [-0.2, 0) is 4.79 Å². The van der Waals surface area contributed by atoms with E-state index >= 15 is 0 Å². The molecule has 4 nitrogen and oxygen atoms in total. The van der Waals surface area contributed by atoms with Gasteiger partial charge in [-0.1, -0.05) is 23.8 Å². The Morgan fingerprint density at radius 2 is 2.00 bits per heavy atom. The molecule has 0 atom stereocenters. The first-order valence-corrected chi connectivity index (χ1v) is 9.33. The van der Waals surface area contributed by atoms with Gasteiger partial charge in [-0.05, 0) is 60.2 Å². The zero-order valence-electron chi connectivity index (χ0n) is 14.2. The molecule has 2 rings (SSSR count). The lowest BCUT2D eigenvalue weighted by Crippen LogP contribution is -2.38. The zero-order chi connectivity index (χ0) is 17.4. The van der Waals surface area contributed by atoms with Gasteiger partial charge in [-0.2, -0.15) is 0 Å². The van der Waals surface area contributed by atoms with E-state index in [4.69, 9.17) is 0 Å². The van der Waals surface area contributed by atoms with Gasteiger partial charge in [0, 0.05) is 31.0 Å². The van der Waals surface area contributed by atoms with Crippen LogP contribution < -0.4 is 5.32 Å². The van der Waals surface area contributed by atoms with Gasteiger partial charge in [0.25, 0.3) is 5.91 Å². The SMILES string of the molecule is CC(=O)N(CCNC(=O)c1ccccc1Br)CCC1=CCCCC1. The molecule has 2 amide bonds. The fourth-order valence-electron chi connectivity index (χ4n) is 2.88. The Labute approximate surface area is 152 Å². The summed E-state index contributed by atoms with van der Waals surface area (Å²) in [7, 11) is 0. The lowest BCUT2D eigenvalue weighted by atomic mass is 9.97. The molecule has 1 aliphatic rings. The number of rotatable bonds is 7. The predicted octanol–water partition coefficient (Wildman–Crippen LogP) is 3.92. The largest absolute Gasteiger partial charge is 0.350 e. The van der Waals surface area contributed by atoms with Crippen molar-refractivity contribution in [1.82, 2.24) is 10.2 Å². The number of carbonyl (C=O) groups is 2. The third kappa shape index (κ3) is 5.78. The summed E-state index contributed by atoms with van der Waals surface area (Å²) in [5.41, 5.74) is 2.07. The quantitative estimate of drug-likeness (QED) is 0.714. The maximum absolute atomic E-state index is 12.2. The first kappa shape index (κ1) is 18.7. The van der Waals surface area contributed by atoms with Crippen LogP contribution in [0.5, 0.6) is 0 Å². The van der Waals surface area contributed by atoms with Gasteiger partial charge in [-0.15, -0.1) is 0 Å². The first-order valence-electron chi connectivity index (χ1n) is 8.54. The molecule has 0 radical (unpaired) electrons. The topological polar surface area (TPSA) is 49.4 Å². The Balaban J connectivity index is 1.79. The molecule has 0 spiro atoms. The molecule has 0 aliphatic heterocycles. The molecule has 0 unspecified atom stereocenters. The number of benzene rings is 1. The maximum atomic E-state index is 12.2. The third-order valence-corrected chi connectivity index (χ3v) is 5.01. The van der Waals surface area contributed by atoms with Crippen molar-refractivity contribution in [2.75, 3.05) is 19.6 Å². The summed E-state index contributed by atoms with van der Waals surface area (Å²) in [6, 6.07) is 7.32. The molecule has 1 N–H and O–H groups in total. The van der Waals surface area contributed by atoms with Gasteiger partial charge in [-0.3, -0.25) is 9.59 Å². The van der Waals surface area contributed by atoms with Crippen molar-refractivity contribution >= 4 is 27.7 Å². The fraction of sp³-hybridized carbons (Fsp3) is 0.474. The maximum Gasteiger partial charge on any atom is 0.252 e. The lowest BCUT2D eigenvalue weighted by molar-refractivity contribution is -0.128. The van der Waals surface area contributed by atoms with E-state index < -0.39 is 0 Å². The number of nitrogens with one attached hydrogen (secondary N) is 1. The summed E-state index contributed by atoms with van der Waals surface area (Å²) in [5, 5.41) is 2.89. The van der Waals surface area contributed by atoms with Crippen LogP contribution in [0.1, 0.15) is 49.4 Å². The van der Waals surface area contributed by atoms with Crippen LogP contribution in [0.4, 0.5) is 0 Å². The normalized spacial score (nSPS) is 14.0. The molecule has 0 fully saturated rings. The monoisotopic (exact) mass is 392 g/mol. The number of hydrogen-bond donors (Lipinski definition) is 1. The number of nitrogens with zero attached hydrogens (tertiary/aromatic N) is 1. The van der Waals surface area contributed by atoms with Gasteiger partial charge < -0.3 is 10.2 Å². The molecule has 1 aromatic rings. The van der Waals surface area contributed by atoms with Gasteiger partial charge in [-0.25, -0.2) is 0 Å². The number of allylic oxidation sites excluding steroid dienone is 1. The second kappa shape index (κ2) is 9.62. The minimum Gasteiger partial charge on any atom is -0.350 e. The average molecular weight is 393 g/mol. The van der Waals surface area contributed by atoms with E-state index in [2.05, 4.69) is 27.3 Å². The van der Waals surface area contributed by atoms with Gasteiger partial charge >= 0.3 is 0 Å². The number of hydrogen-bond acceptors (Lipinski definition) is 2. The van der Waals surface area contributed by atoms with E-state index in [0.29, 0.717) is 18.7 Å². The molecule has 0 saturated carbocycles. The molecule has 5 heteroatoms. The second-order valence-corrected chi connectivity index (χ2v) is 6.95. The number of amides is 2. The average Bonchev–Trinajstić information content (AvgIpc) is 2.58. The van der Waals surface area contributed by atoms with Crippen molar-refractivity contribution in [1.29, 1.82) is 0 Å². The highest BCUT2D eigenvalue weighted by Crippen LogP contribution is 2.20. The minimum atomic E-state index is -0.124. The van der Waals surface area contributed by atoms with E-state index in [1.165, 1.54) is 18.4 Å². The van der Waals surface area contributed by atoms with Crippen LogP contribution in [0.2, 0.25) is 0 Å².